The van der Waals surface area contributed by atoms with Gasteiger partial charge in [-0.05, 0) is 18.5 Å². The zero-order valence-electron chi connectivity index (χ0n) is 15.6. The van der Waals surface area contributed by atoms with Gasteiger partial charge < -0.3 is 13.6 Å². The second-order valence-electron chi connectivity index (χ2n) is 6.14. The number of methoxy groups -OCH3 is 1. The summed E-state index contributed by atoms with van der Waals surface area (Å²) in [7, 11) is -0.235. The lowest BCUT2D eigenvalue weighted by Gasteiger charge is -2.28. The fraction of sp³-hybridized carbons (Fsp3) is 1.00. The molecule has 0 N–H and O–H groups in total. The van der Waals surface area contributed by atoms with Gasteiger partial charge in [0.1, 0.15) is 0 Å². The maximum absolute atomic E-state index is 6.20. The lowest BCUT2D eigenvalue weighted by Crippen LogP contribution is -2.41. The smallest absolute Gasteiger partial charge is 0.337 e. The first-order valence-electron chi connectivity index (χ1n) is 9.51. The first-order valence-corrected chi connectivity index (χ1v) is 11.7. The minimum atomic E-state index is -1.95. The van der Waals surface area contributed by atoms with E-state index in [9.17, 15) is 0 Å². The lowest BCUT2D eigenvalue weighted by molar-refractivity contribution is 0.107. The van der Waals surface area contributed by atoms with Crippen LogP contribution in [0, 0.1) is 0 Å². The van der Waals surface area contributed by atoms with Gasteiger partial charge in [-0.1, -0.05) is 72.1 Å². The molecule has 0 aliphatic carbocycles. The van der Waals surface area contributed by atoms with Crippen molar-refractivity contribution >= 4 is 8.56 Å². The van der Waals surface area contributed by atoms with Gasteiger partial charge in [-0.2, -0.15) is 0 Å². The molecule has 0 rings (SSSR count). The largest absolute Gasteiger partial charge is 0.394 e. The molecular weight excluding hydrogens is 292 g/mol. The van der Waals surface area contributed by atoms with E-state index in [4.69, 9.17) is 13.6 Å². The molecule has 0 atom stereocenters. The van der Waals surface area contributed by atoms with E-state index in [1.165, 1.54) is 57.8 Å². The van der Waals surface area contributed by atoms with Crippen LogP contribution < -0.4 is 0 Å². The van der Waals surface area contributed by atoms with Gasteiger partial charge in [0.05, 0.1) is 13.2 Å². The summed E-state index contributed by atoms with van der Waals surface area (Å²) in [6, 6.07) is 2.06. The van der Waals surface area contributed by atoms with E-state index in [0.717, 1.165) is 18.7 Å². The van der Waals surface area contributed by atoms with Crippen LogP contribution in [0.15, 0.2) is 0 Å². The SMILES string of the molecule is CCCCCCCCCCCO[Si](CC)(CC)OCCOC. The lowest BCUT2D eigenvalue weighted by atomic mass is 10.1. The van der Waals surface area contributed by atoms with Gasteiger partial charge in [-0.15, -0.1) is 0 Å². The second-order valence-corrected chi connectivity index (χ2v) is 9.95. The van der Waals surface area contributed by atoms with Crippen molar-refractivity contribution < 1.29 is 13.6 Å². The van der Waals surface area contributed by atoms with Crippen molar-refractivity contribution in [3.63, 3.8) is 0 Å². The molecule has 0 fully saturated rings. The summed E-state index contributed by atoms with van der Waals surface area (Å²) in [6.07, 6.45) is 12.2. The van der Waals surface area contributed by atoms with Gasteiger partial charge in [0.2, 0.25) is 0 Å². The summed E-state index contributed by atoms with van der Waals surface area (Å²) in [5.74, 6) is 0. The second kappa shape index (κ2) is 16.0. The molecule has 3 nitrogen and oxygen atoms in total. The molecule has 4 heteroatoms. The molecule has 22 heavy (non-hydrogen) atoms. The first-order chi connectivity index (χ1) is 10.7. The molecule has 0 heterocycles. The van der Waals surface area contributed by atoms with E-state index in [0.29, 0.717) is 13.2 Å². The maximum atomic E-state index is 6.20. The third-order valence-electron chi connectivity index (χ3n) is 4.34. The zero-order valence-corrected chi connectivity index (χ0v) is 16.6. The molecule has 134 valence electrons. The number of hydrogen-bond acceptors (Lipinski definition) is 3. The molecule has 0 aromatic heterocycles. The van der Waals surface area contributed by atoms with E-state index in [1.807, 2.05) is 0 Å². The average Bonchev–Trinajstić information content (AvgIpc) is 2.55. The Bertz CT molecular complexity index is 220. The average molecular weight is 333 g/mol. The molecule has 0 spiro atoms. The highest BCUT2D eigenvalue weighted by Crippen LogP contribution is 2.19. The summed E-state index contributed by atoms with van der Waals surface area (Å²) in [5.41, 5.74) is 0. The molecule has 0 aromatic carbocycles. The number of rotatable bonds is 17. The Labute approximate surface area is 140 Å². The molecule has 0 saturated heterocycles. The van der Waals surface area contributed by atoms with Gasteiger partial charge in [-0.3, -0.25) is 0 Å². The Morgan fingerprint density at radius 3 is 1.59 bits per heavy atom. The van der Waals surface area contributed by atoms with Crippen molar-refractivity contribution in [2.45, 2.75) is 90.6 Å². The molecule has 0 bridgehead atoms. The summed E-state index contributed by atoms with van der Waals surface area (Å²) in [5, 5.41) is 0. The Balaban J connectivity index is 3.59. The summed E-state index contributed by atoms with van der Waals surface area (Å²) < 4.78 is 17.3. The maximum Gasteiger partial charge on any atom is 0.337 e. The van der Waals surface area contributed by atoms with Gasteiger partial charge >= 0.3 is 8.56 Å². The van der Waals surface area contributed by atoms with Crippen LogP contribution in [0.1, 0.15) is 78.6 Å². The van der Waals surface area contributed by atoms with Crippen LogP contribution in [0.3, 0.4) is 0 Å². The molecule has 0 aliphatic heterocycles. The van der Waals surface area contributed by atoms with Gasteiger partial charge in [0.25, 0.3) is 0 Å². The molecular formula is C18H40O3Si. The summed E-state index contributed by atoms with van der Waals surface area (Å²) in [6.45, 7) is 8.86. The molecule has 0 unspecified atom stereocenters. The Kier molecular flexibility index (Phi) is 16.0. The Morgan fingerprint density at radius 1 is 0.591 bits per heavy atom. The van der Waals surface area contributed by atoms with Crippen molar-refractivity contribution in [3.05, 3.63) is 0 Å². The van der Waals surface area contributed by atoms with E-state index >= 15 is 0 Å². The van der Waals surface area contributed by atoms with Crippen LogP contribution in [-0.2, 0) is 13.6 Å². The molecule has 0 amide bonds. The summed E-state index contributed by atoms with van der Waals surface area (Å²) >= 11 is 0. The van der Waals surface area contributed by atoms with Crippen molar-refractivity contribution in [1.29, 1.82) is 0 Å². The third-order valence-corrected chi connectivity index (χ3v) is 7.96. The van der Waals surface area contributed by atoms with Crippen molar-refractivity contribution in [2.75, 3.05) is 26.9 Å². The van der Waals surface area contributed by atoms with Crippen molar-refractivity contribution in [3.8, 4) is 0 Å². The van der Waals surface area contributed by atoms with Crippen LogP contribution in [0.25, 0.3) is 0 Å². The van der Waals surface area contributed by atoms with Gasteiger partial charge in [0, 0.05) is 13.7 Å². The first kappa shape index (κ1) is 22.1. The van der Waals surface area contributed by atoms with E-state index in [-0.39, 0.29) is 0 Å². The minimum Gasteiger partial charge on any atom is -0.394 e. The quantitative estimate of drug-likeness (QED) is 0.253. The molecule has 0 aromatic rings. The van der Waals surface area contributed by atoms with E-state index in [2.05, 4.69) is 20.8 Å². The van der Waals surface area contributed by atoms with Crippen LogP contribution in [0.5, 0.6) is 0 Å². The van der Waals surface area contributed by atoms with Crippen LogP contribution in [-0.4, -0.2) is 35.5 Å². The number of ether oxygens (including phenoxy) is 1. The number of hydrogen-bond donors (Lipinski definition) is 0. The topological polar surface area (TPSA) is 27.7 Å². The highest BCUT2D eigenvalue weighted by Gasteiger charge is 2.33. The fourth-order valence-corrected chi connectivity index (χ4v) is 5.05. The molecule has 0 radical (unpaired) electrons. The van der Waals surface area contributed by atoms with Crippen LogP contribution in [0.2, 0.25) is 12.1 Å². The van der Waals surface area contributed by atoms with Crippen molar-refractivity contribution in [1.82, 2.24) is 0 Å². The standard InChI is InChI=1S/C18H40O3Si/c1-5-8-9-10-11-12-13-14-15-16-20-22(6-2,7-3)21-18-17-19-4/h5-18H2,1-4H3. The third kappa shape index (κ3) is 11.6. The normalized spacial score (nSPS) is 12.0. The predicted molar refractivity (Wildman–Crippen MR) is 97.7 cm³/mol. The fourth-order valence-electron chi connectivity index (χ4n) is 2.68. The molecule has 0 saturated carbocycles. The van der Waals surface area contributed by atoms with E-state index in [1.54, 1.807) is 7.11 Å². The predicted octanol–water partition coefficient (Wildman–Crippen LogP) is 5.68. The number of unbranched alkanes of at least 4 members (excludes halogenated alkanes) is 8. The van der Waals surface area contributed by atoms with Gasteiger partial charge in [0.15, 0.2) is 0 Å². The van der Waals surface area contributed by atoms with Crippen molar-refractivity contribution in [2.24, 2.45) is 0 Å². The van der Waals surface area contributed by atoms with Gasteiger partial charge in [-0.25, -0.2) is 0 Å². The highest BCUT2D eigenvalue weighted by atomic mass is 28.4. The molecule has 0 aliphatic rings. The Morgan fingerprint density at radius 2 is 1.09 bits per heavy atom. The monoisotopic (exact) mass is 332 g/mol. The van der Waals surface area contributed by atoms with Crippen LogP contribution >= 0.6 is 0 Å². The summed E-state index contributed by atoms with van der Waals surface area (Å²) in [4.78, 5) is 0. The van der Waals surface area contributed by atoms with E-state index < -0.39 is 8.56 Å². The zero-order chi connectivity index (χ0) is 16.5. The van der Waals surface area contributed by atoms with Crippen LogP contribution in [0.4, 0.5) is 0 Å². The minimum absolute atomic E-state index is 0.663. The Hall–Kier alpha value is 0.0969. The highest BCUT2D eigenvalue weighted by molar-refractivity contribution is 6.67.